The Kier molecular flexibility index (Phi) is 4.02. The Labute approximate surface area is 87.0 Å². The van der Waals surface area contributed by atoms with Gasteiger partial charge in [-0.25, -0.2) is 0 Å². The zero-order valence-corrected chi connectivity index (χ0v) is 9.35. The third-order valence-electron chi connectivity index (χ3n) is 2.96. The molecule has 1 aliphatic heterocycles. The average Bonchev–Trinajstić information content (AvgIpc) is 2.85. The standard InChI is InChI=1S/C10H19NO.ClH/c1-3-11-6-8(2)12-10(7-11)9-4-5-9;/h8-10H,3-7H2,1-2H3;1H. The van der Waals surface area contributed by atoms with Crippen molar-refractivity contribution in [2.75, 3.05) is 19.6 Å². The molecule has 1 saturated heterocycles. The highest BCUT2D eigenvalue weighted by molar-refractivity contribution is 5.85. The van der Waals surface area contributed by atoms with Crippen molar-refractivity contribution in [3.8, 4) is 0 Å². The Bertz CT molecular complexity index is 161. The number of ether oxygens (including phenoxy) is 1. The molecule has 2 atom stereocenters. The monoisotopic (exact) mass is 205 g/mol. The number of nitrogens with zero attached hydrogens (tertiary/aromatic N) is 1. The molecule has 0 amide bonds. The van der Waals surface area contributed by atoms with Crippen LogP contribution in [0.2, 0.25) is 0 Å². The summed E-state index contributed by atoms with van der Waals surface area (Å²) in [6, 6.07) is 0. The molecule has 0 N–H and O–H groups in total. The molecule has 2 nitrogen and oxygen atoms in total. The van der Waals surface area contributed by atoms with Gasteiger partial charge < -0.3 is 4.74 Å². The number of rotatable bonds is 2. The normalized spacial score (nSPS) is 35.5. The highest BCUT2D eigenvalue weighted by atomic mass is 35.5. The van der Waals surface area contributed by atoms with Gasteiger partial charge in [-0.2, -0.15) is 0 Å². The van der Waals surface area contributed by atoms with Crippen LogP contribution >= 0.6 is 12.4 Å². The van der Waals surface area contributed by atoms with Crippen LogP contribution in [0.5, 0.6) is 0 Å². The van der Waals surface area contributed by atoms with E-state index < -0.39 is 0 Å². The summed E-state index contributed by atoms with van der Waals surface area (Å²) in [6.45, 7) is 7.90. The summed E-state index contributed by atoms with van der Waals surface area (Å²) < 4.78 is 5.90. The number of hydrogen-bond acceptors (Lipinski definition) is 2. The Morgan fingerprint density at radius 1 is 1.31 bits per heavy atom. The highest BCUT2D eigenvalue weighted by Crippen LogP contribution is 2.36. The van der Waals surface area contributed by atoms with Crippen LogP contribution in [0.15, 0.2) is 0 Å². The van der Waals surface area contributed by atoms with E-state index in [0.29, 0.717) is 12.2 Å². The van der Waals surface area contributed by atoms with Gasteiger partial charge in [-0.05, 0) is 32.2 Å². The van der Waals surface area contributed by atoms with Crippen molar-refractivity contribution in [2.24, 2.45) is 5.92 Å². The molecule has 2 fully saturated rings. The predicted molar refractivity (Wildman–Crippen MR) is 56.4 cm³/mol. The third kappa shape index (κ3) is 2.83. The van der Waals surface area contributed by atoms with E-state index in [-0.39, 0.29) is 12.4 Å². The smallest absolute Gasteiger partial charge is 0.0734 e. The minimum absolute atomic E-state index is 0. The van der Waals surface area contributed by atoms with E-state index in [1.54, 1.807) is 0 Å². The largest absolute Gasteiger partial charge is 0.372 e. The average molecular weight is 206 g/mol. The quantitative estimate of drug-likeness (QED) is 0.683. The van der Waals surface area contributed by atoms with Gasteiger partial charge in [0.25, 0.3) is 0 Å². The molecule has 0 radical (unpaired) electrons. The molecule has 1 aliphatic carbocycles. The summed E-state index contributed by atoms with van der Waals surface area (Å²) in [6.07, 6.45) is 3.79. The van der Waals surface area contributed by atoms with Crippen molar-refractivity contribution >= 4 is 12.4 Å². The third-order valence-corrected chi connectivity index (χ3v) is 2.96. The molecule has 3 heteroatoms. The van der Waals surface area contributed by atoms with Gasteiger partial charge in [0.05, 0.1) is 12.2 Å². The van der Waals surface area contributed by atoms with Gasteiger partial charge in [-0.1, -0.05) is 6.92 Å². The molecule has 2 aliphatic rings. The van der Waals surface area contributed by atoms with Crippen molar-refractivity contribution in [3.63, 3.8) is 0 Å². The lowest BCUT2D eigenvalue weighted by Crippen LogP contribution is -2.47. The molecule has 1 saturated carbocycles. The van der Waals surface area contributed by atoms with Gasteiger partial charge in [0.15, 0.2) is 0 Å². The van der Waals surface area contributed by atoms with Gasteiger partial charge in [0, 0.05) is 13.1 Å². The minimum Gasteiger partial charge on any atom is -0.372 e. The number of likely N-dealkylation sites (N-methyl/N-ethyl adjacent to an activating group) is 1. The summed E-state index contributed by atoms with van der Waals surface area (Å²) in [5, 5.41) is 0. The van der Waals surface area contributed by atoms with E-state index in [1.165, 1.54) is 25.9 Å². The van der Waals surface area contributed by atoms with E-state index in [0.717, 1.165) is 12.5 Å². The van der Waals surface area contributed by atoms with Gasteiger partial charge in [0.2, 0.25) is 0 Å². The molecule has 0 aromatic carbocycles. The van der Waals surface area contributed by atoms with Crippen LogP contribution in [0.25, 0.3) is 0 Å². The molecular formula is C10H20ClNO. The van der Waals surface area contributed by atoms with E-state index >= 15 is 0 Å². The van der Waals surface area contributed by atoms with Crippen LogP contribution in [-0.2, 0) is 4.74 Å². The minimum atomic E-state index is 0. The molecule has 2 unspecified atom stereocenters. The zero-order valence-electron chi connectivity index (χ0n) is 8.53. The van der Waals surface area contributed by atoms with E-state index in [2.05, 4.69) is 18.7 Å². The van der Waals surface area contributed by atoms with E-state index in [1.807, 2.05) is 0 Å². The summed E-state index contributed by atoms with van der Waals surface area (Å²) >= 11 is 0. The maximum Gasteiger partial charge on any atom is 0.0734 e. The fourth-order valence-electron chi connectivity index (χ4n) is 2.06. The van der Waals surface area contributed by atoms with Gasteiger partial charge in [-0.15, -0.1) is 12.4 Å². The zero-order chi connectivity index (χ0) is 8.55. The fourth-order valence-corrected chi connectivity index (χ4v) is 2.06. The Hall–Kier alpha value is 0.210. The van der Waals surface area contributed by atoms with Crippen LogP contribution in [0.4, 0.5) is 0 Å². The van der Waals surface area contributed by atoms with Crippen molar-refractivity contribution in [1.29, 1.82) is 0 Å². The molecule has 0 aromatic heterocycles. The lowest BCUT2D eigenvalue weighted by Gasteiger charge is -2.36. The van der Waals surface area contributed by atoms with Crippen LogP contribution in [0, 0.1) is 5.92 Å². The van der Waals surface area contributed by atoms with Crippen LogP contribution in [-0.4, -0.2) is 36.7 Å². The van der Waals surface area contributed by atoms with E-state index in [4.69, 9.17) is 4.74 Å². The highest BCUT2D eigenvalue weighted by Gasteiger charge is 2.36. The molecule has 78 valence electrons. The van der Waals surface area contributed by atoms with Gasteiger partial charge >= 0.3 is 0 Å². The maximum absolute atomic E-state index is 5.90. The SMILES string of the molecule is CCN1CC(C)OC(C2CC2)C1.Cl. The van der Waals surface area contributed by atoms with Crippen molar-refractivity contribution in [2.45, 2.75) is 38.9 Å². The van der Waals surface area contributed by atoms with Gasteiger partial charge in [0.1, 0.15) is 0 Å². The summed E-state index contributed by atoms with van der Waals surface area (Å²) in [7, 11) is 0. The van der Waals surface area contributed by atoms with E-state index in [9.17, 15) is 0 Å². The second kappa shape index (κ2) is 4.63. The molecule has 1 heterocycles. The molecule has 0 aromatic rings. The first kappa shape index (κ1) is 11.3. The Balaban J connectivity index is 0.000000845. The summed E-state index contributed by atoms with van der Waals surface area (Å²) in [4.78, 5) is 2.51. The lowest BCUT2D eigenvalue weighted by atomic mass is 10.1. The summed E-state index contributed by atoms with van der Waals surface area (Å²) in [5.41, 5.74) is 0. The Morgan fingerprint density at radius 2 is 2.00 bits per heavy atom. The molecule has 0 spiro atoms. The van der Waals surface area contributed by atoms with Crippen LogP contribution in [0.3, 0.4) is 0 Å². The molecule has 0 bridgehead atoms. The molecular weight excluding hydrogens is 186 g/mol. The van der Waals surface area contributed by atoms with Gasteiger partial charge in [-0.3, -0.25) is 4.90 Å². The van der Waals surface area contributed by atoms with Crippen molar-refractivity contribution in [1.82, 2.24) is 4.90 Å². The van der Waals surface area contributed by atoms with Crippen molar-refractivity contribution in [3.05, 3.63) is 0 Å². The fraction of sp³-hybridized carbons (Fsp3) is 1.00. The number of hydrogen-bond donors (Lipinski definition) is 0. The summed E-state index contributed by atoms with van der Waals surface area (Å²) in [5.74, 6) is 0.891. The van der Waals surface area contributed by atoms with Crippen LogP contribution < -0.4 is 0 Å². The lowest BCUT2D eigenvalue weighted by molar-refractivity contribution is -0.0844. The first-order valence-electron chi connectivity index (χ1n) is 5.17. The second-order valence-corrected chi connectivity index (χ2v) is 4.17. The second-order valence-electron chi connectivity index (χ2n) is 4.17. The topological polar surface area (TPSA) is 12.5 Å². The first-order chi connectivity index (χ1) is 5.79. The number of morpholine rings is 1. The predicted octanol–water partition coefficient (Wildman–Crippen LogP) is 1.93. The Morgan fingerprint density at radius 3 is 2.54 bits per heavy atom. The molecule has 13 heavy (non-hydrogen) atoms. The maximum atomic E-state index is 5.90. The number of halogens is 1. The van der Waals surface area contributed by atoms with Crippen LogP contribution in [0.1, 0.15) is 26.7 Å². The first-order valence-corrected chi connectivity index (χ1v) is 5.17. The molecule has 2 rings (SSSR count). The van der Waals surface area contributed by atoms with Crippen molar-refractivity contribution < 1.29 is 4.74 Å².